The van der Waals surface area contributed by atoms with Crippen molar-refractivity contribution in [1.29, 1.82) is 0 Å². The summed E-state index contributed by atoms with van der Waals surface area (Å²) in [6.45, 7) is 4.19. The summed E-state index contributed by atoms with van der Waals surface area (Å²) in [4.78, 5) is 15.7. The summed E-state index contributed by atoms with van der Waals surface area (Å²) >= 11 is 1.31. The predicted octanol–water partition coefficient (Wildman–Crippen LogP) is 3.29. The molecule has 3 aromatic rings. The van der Waals surface area contributed by atoms with Gasteiger partial charge in [0, 0.05) is 23.6 Å². The van der Waals surface area contributed by atoms with E-state index < -0.39 is 0 Å². The Labute approximate surface area is 150 Å². The maximum atomic E-state index is 11.7. The van der Waals surface area contributed by atoms with Crippen LogP contribution in [0.25, 0.3) is 17.1 Å². The van der Waals surface area contributed by atoms with Gasteiger partial charge in [0.15, 0.2) is 11.0 Å². The van der Waals surface area contributed by atoms with Crippen molar-refractivity contribution in [2.75, 3.05) is 12.4 Å². The average molecular weight is 354 g/mol. The summed E-state index contributed by atoms with van der Waals surface area (Å²) in [6, 6.07) is 11.8. The first-order valence-electron chi connectivity index (χ1n) is 7.90. The second kappa shape index (κ2) is 7.94. The van der Waals surface area contributed by atoms with Crippen molar-refractivity contribution >= 4 is 17.7 Å². The minimum Gasteiger partial charge on any atom is -0.465 e. The Balaban J connectivity index is 2.01. The van der Waals surface area contributed by atoms with Crippen molar-refractivity contribution in [1.82, 2.24) is 19.7 Å². The molecule has 0 aliphatic heterocycles. The van der Waals surface area contributed by atoms with Crippen LogP contribution in [0.1, 0.15) is 12.5 Å². The number of thioether (sulfide) groups is 1. The topological polar surface area (TPSA) is 69.9 Å². The maximum absolute atomic E-state index is 11.7. The van der Waals surface area contributed by atoms with Gasteiger partial charge < -0.3 is 4.74 Å². The zero-order valence-corrected chi connectivity index (χ0v) is 14.9. The van der Waals surface area contributed by atoms with Crippen LogP contribution in [0.2, 0.25) is 0 Å². The van der Waals surface area contributed by atoms with Crippen molar-refractivity contribution in [3.63, 3.8) is 0 Å². The molecule has 6 nitrogen and oxygen atoms in total. The third-order valence-electron chi connectivity index (χ3n) is 3.46. The molecule has 1 aromatic carbocycles. The molecule has 2 heterocycles. The van der Waals surface area contributed by atoms with Gasteiger partial charge in [0.05, 0.1) is 12.4 Å². The first-order chi connectivity index (χ1) is 12.2. The summed E-state index contributed by atoms with van der Waals surface area (Å²) in [6.07, 6.45) is 3.44. The van der Waals surface area contributed by atoms with Crippen molar-refractivity contribution in [2.24, 2.45) is 0 Å². The Bertz CT molecular complexity index is 865. The summed E-state index contributed by atoms with van der Waals surface area (Å²) in [7, 11) is 0. The Morgan fingerprint density at radius 1 is 1.20 bits per heavy atom. The number of hydrogen-bond acceptors (Lipinski definition) is 6. The van der Waals surface area contributed by atoms with Crippen LogP contribution in [0.4, 0.5) is 0 Å². The molecule has 0 saturated heterocycles. The summed E-state index contributed by atoms with van der Waals surface area (Å²) in [5, 5.41) is 9.25. The molecule has 7 heteroatoms. The number of aryl methyl sites for hydroxylation is 1. The number of carbonyl (C=O) groups is 1. The number of esters is 1. The van der Waals surface area contributed by atoms with Gasteiger partial charge >= 0.3 is 5.97 Å². The van der Waals surface area contributed by atoms with Crippen LogP contribution in [0.5, 0.6) is 0 Å². The predicted molar refractivity (Wildman–Crippen MR) is 96.7 cm³/mol. The lowest BCUT2D eigenvalue weighted by Gasteiger charge is -2.11. The highest BCUT2D eigenvalue weighted by Crippen LogP contribution is 2.28. The Kier molecular flexibility index (Phi) is 5.45. The van der Waals surface area contributed by atoms with Gasteiger partial charge in [0.1, 0.15) is 0 Å². The van der Waals surface area contributed by atoms with E-state index in [1.807, 2.05) is 41.8 Å². The highest BCUT2D eigenvalue weighted by atomic mass is 32.2. The van der Waals surface area contributed by atoms with E-state index in [-0.39, 0.29) is 11.7 Å². The highest BCUT2D eigenvalue weighted by Gasteiger charge is 2.17. The van der Waals surface area contributed by atoms with Gasteiger partial charge in [-0.15, -0.1) is 10.2 Å². The Morgan fingerprint density at radius 2 is 2.00 bits per heavy atom. The zero-order chi connectivity index (χ0) is 17.6. The molecular formula is C18H18N4O2S. The summed E-state index contributed by atoms with van der Waals surface area (Å²) in [5.41, 5.74) is 2.99. The van der Waals surface area contributed by atoms with E-state index in [1.54, 1.807) is 19.3 Å². The van der Waals surface area contributed by atoms with Crippen LogP contribution in [0.3, 0.4) is 0 Å². The molecule has 0 amide bonds. The van der Waals surface area contributed by atoms with Gasteiger partial charge in [-0.2, -0.15) is 0 Å². The SMILES string of the molecule is CCOC(=O)CSc1nnc(-c2ccncc2)n1-c1cccc(C)c1. The van der Waals surface area contributed by atoms with Gasteiger partial charge in [-0.25, -0.2) is 0 Å². The molecule has 0 spiro atoms. The molecule has 128 valence electrons. The van der Waals surface area contributed by atoms with Crippen molar-refractivity contribution in [3.05, 3.63) is 54.4 Å². The number of nitrogens with zero attached hydrogens (tertiary/aromatic N) is 4. The monoisotopic (exact) mass is 354 g/mol. The van der Waals surface area contributed by atoms with Crippen LogP contribution < -0.4 is 0 Å². The van der Waals surface area contributed by atoms with Crippen LogP contribution in [-0.2, 0) is 9.53 Å². The third-order valence-corrected chi connectivity index (χ3v) is 4.36. The second-order valence-corrected chi connectivity index (χ2v) is 6.25. The van der Waals surface area contributed by atoms with E-state index in [0.717, 1.165) is 16.8 Å². The van der Waals surface area contributed by atoms with Gasteiger partial charge in [-0.05, 0) is 43.7 Å². The number of rotatable bonds is 6. The van der Waals surface area contributed by atoms with Gasteiger partial charge in [-0.3, -0.25) is 14.3 Å². The summed E-state index contributed by atoms with van der Waals surface area (Å²) < 4.78 is 6.94. The quantitative estimate of drug-likeness (QED) is 0.500. The lowest BCUT2D eigenvalue weighted by Crippen LogP contribution is -2.08. The Hall–Kier alpha value is -2.67. The fourth-order valence-corrected chi connectivity index (χ4v) is 3.13. The number of carbonyl (C=O) groups excluding carboxylic acids is 1. The number of aromatic nitrogens is 4. The minimum atomic E-state index is -0.267. The van der Waals surface area contributed by atoms with E-state index in [0.29, 0.717) is 17.6 Å². The van der Waals surface area contributed by atoms with Crippen LogP contribution in [0, 0.1) is 6.92 Å². The molecule has 0 radical (unpaired) electrons. The molecule has 0 saturated carbocycles. The fraction of sp³-hybridized carbons (Fsp3) is 0.222. The van der Waals surface area contributed by atoms with Crippen molar-refractivity contribution in [3.8, 4) is 17.1 Å². The van der Waals surface area contributed by atoms with Crippen LogP contribution >= 0.6 is 11.8 Å². The van der Waals surface area contributed by atoms with Crippen molar-refractivity contribution < 1.29 is 9.53 Å². The number of hydrogen-bond donors (Lipinski definition) is 0. The fourth-order valence-electron chi connectivity index (χ4n) is 2.38. The molecule has 0 unspecified atom stereocenters. The first-order valence-corrected chi connectivity index (χ1v) is 8.89. The smallest absolute Gasteiger partial charge is 0.316 e. The lowest BCUT2D eigenvalue weighted by molar-refractivity contribution is -0.139. The molecule has 2 aromatic heterocycles. The number of benzene rings is 1. The van der Waals surface area contributed by atoms with Gasteiger partial charge in [-0.1, -0.05) is 23.9 Å². The average Bonchev–Trinajstić information content (AvgIpc) is 3.05. The zero-order valence-electron chi connectivity index (χ0n) is 14.0. The maximum Gasteiger partial charge on any atom is 0.316 e. The highest BCUT2D eigenvalue weighted by molar-refractivity contribution is 7.99. The normalized spacial score (nSPS) is 10.6. The van der Waals surface area contributed by atoms with E-state index in [4.69, 9.17) is 4.74 Å². The van der Waals surface area contributed by atoms with E-state index in [1.165, 1.54) is 11.8 Å². The summed E-state index contributed by atoms with van der Waals surface area (Å²) in [5.74, 6) is 0.629. The van der Waals surface area contributed by atoms with Crippen molar-refractivity contribution in [2.45, 2.75) is 19.0 Å². The standard InChI is InChI=1S/C18H18N4O2S/c1-3-24-16(23)12-25-18-21-20-17(14-7-9-19-10-8-14)22(18)15-6-4-5-13(2)11-15/h4-11H,3,12H2,1-2H3. The van der Waals surface area contributed by atoms with E-state index in [9.17, 15) is 4.79 Å². The van der Waals surface area contributed by atoms with Gasteiger partial charge in [0.2, 0.25) is 0 Å². The molecule has 3 rings (SSSR count). The van der Waals surface area contributed by atoms with E-state index in [2.05, 4.69) is 21.2 Å². The minimum absolute atomic E-state index is 0.189. The molecule has 0 aliphatic rings. The molecule has 0 N–H and O–H groups in total. The molecule has 0 fully saturated rings. The van der Waals surface area contributed by atoms with Crippen LogP contribution in [0.15, 0.2) is 53.9 Å². The second-order valence-electron chi connectivity index (χ2n) is 5.31. The molecule has 0 atom stereocenters. The molecular weight excluding hydrogens is 336 g/mol. The lowest BCUT2D eigenvalue weighted by atomic mass is 10.2. The van der Waals surface area contributed by atoms with Gasteiger partial charge in [0.25, 0.3) is 0 Å². The number of ether oxygens (including phenoxy) is 1. The third kappa shape index (κ3) is 4.06. The van der Waals surface area contributed by atoms with E-state index >= 15 is 0 Å². The largest absolute Gasteiger partial charge is 0.465 e. The molecule has 0 aliphatic carbocycles. The molecule has 0 bridgehead atoms. The van der Waals surface area contributed by atoms with Crippen LogP contribution in [-0.4, -0.2) is 38.1 Å². The molecule has 25 heavy (non-hydrogen) atoms. The number of pyridine rings is 1. The Morgan fingerprint density at radius 3 is 2.72 bits per heavy atom. The first kappa shape index (κ1) is 17.2.